The number of hydrogen-bond acceptors (Lipinski definition) is 2. The molecule has 0 atom stereocenters. The number of hydrazine groups is 1. The van der Waals surface area contributed by atoms with Crippen LogP contribution in [0.25, 0.3) is 0 Å². The van der Waals surface area contributed by atoms with Crippen LogP contribution in [-0.4, -0.2) is 36.1 Å². The fourth-order valence-corrected chi connectivity index (χ4v) is 1.28. The molecule has 0 unspecified atom stereocenters. The Kier molecular flexibility index (Phi) is 2.65. The zero-order chi connectivity index (χ0) is 8.27. The Labute approximate surface area is 67.2 Å². The molecule has 3 nitrogen and oxygen atoms in total. The third kappa shape index (κ3) is 1.80. The Balaban J connectivity index is 2.53. The van der Waals surface area contributed by atoms with Gasteiger partial charge in [0.2, 0.25) is 0 Å². The summed E-state index contributed by atoms with van der Waals surface area (Å²) in [5, 5.41) is 3.68. The van der Waals surface area contributed by atoms with Crippen LogP contribution >= 0.6 is 0 Å². The number of carbonyl (C=O) groups is 1. The van der Waals surface area contributed by atoms with Crippen molar-refractivity contribution in [3.05, 3.63) is 12.7 Å². The molecular weight excluding hydrogens is 140 g/mol. The Hall–Kier alpha value is -0.830. The Morgan fingerprint density at radius 1 is 1.45 bits per heavy atom. The van der Waals surface area contributed by atoms with Gasteiger partial charge in [0.05, 0.1) is 0 Å². The van der Waals surface area contributed by atoms with E-state index in [2.05, 4.69) is 6.58 Å². The molecule has 1 heterocycles. The van der Waals surface area contributed by atoms with Crippen molar-refractivity contribution >= 4 is 5.91 Å². The lowest BCUT2D eigenvalue weighted by molar-refractivity contribution is -0.144. The van der Waals surface area contributed by atoms with Crippen LogP contribution in [0.4, 0.5) is 0 Å². The van der Waals surface area contributed by atoms with Crippen molar-refractivity contribution < 1.29 is 4.79 Å². The quantitative estimate of drug-likeness (QED) is 0.517. The van der Waals surface area contributed by atoms with Gasteiger partial charge in [0.25, 0.3) is 5.91 Å². The second-order valence-corrected chi connectivity index (χ2v) is 2.75. The smallest absolute Gasteiger partial charge is 0.260 e. The molecule has 1 aliphatic heterocycles. The highest BCUT2D eigenvalue weighted by atomic mass is 16.2. The van der Waals surface area contributed by atoms with Crippen LogP contribution in [0.1, 0.15) is 12.8 Å². The fourth-order valence-electron chi connectivity index (χ4n) is 1.28. The van der Waals surface area contributed by atoms with Crippen molar-refractivity contribution in [2.75, 3.05) is 20.1 Å². The van der Waals surface area contributed by atoms with Gasteiger partial charge in [-0.05, 0) is 18.9 Å². The van der Waals surface area contributed by atoms with Gasteiger partial charge in [-0.15, -0.1) is 0 Å². The molecule has 0 spiro atoms. The fraction of sp³-hybridized carbons (Fsp3) is 0.625. The lowest BCUT2D eigenvalue weighted by Crippen LogP contribution is -2.47. The van der Waals surface area contributed by atoms with Gasteiger partial charge in [-0.25, -0.2) is 5.01 Å². The molecule has 0 N–H and O–H groups in total. The first-order chi connectivity index (χ1) is 5.25. The minimum absolute atomic E-state index is 0.00667. The number of carbonyl (C=O) groups excluding carboxylic acids is 1. The monoisotopic (exact) mass is 154 g/mol. The van der Waals surface area contributed by atoms with Crippen molar-refractivity contribution in [3.8, 4) is 0 Å². The average Bonchev–Trinajstić information content (AvgIpc) is 2.04. The van der Waals surface area contributed by atoms with E-state index in [1.54, 1.807) is 5.01 Å². The van der Waals surface area contributed by atoms with E-state index in [4.69, 9.17) is 0 Å². The average molecular weight is 154 g/mol. The van der Waals surface area contributed by atoms with Crippen molar-refractivity contribution in [3.63, 3.8) is 0 Å². The first kappa shape index (κ1) is 8.27. The second-order valence-electron chi connectivity index (χ2n) is 2.75. The molecule has 62 valence electrons. The molecule has 1 saturated heterocycles. The Morgan fingerprint density at radius 2 is 2.09 bits per heavy atom. The maximum absolute atomic E-state index is 11.1. The highest BCUT2D eigenvalue weighted by Gasteiger charge is 2.18. The normalized spacial score (nSPS) is 19.9. The van der Waals surface area contributed by atoms with E-state index in [9.17, 15) is 4.79 Å². The molecule has 0 saturated carbocycles. The standard InChI is InChI=1S/C8H14N2O/c1-3-8(11)10-7-5-4-6-9(10)2/h3H,1,4-7H2,2H3. The zero-order valence-corrected chi connectivity index (χ0v) is 6.92. The van der Waals surface area contributed by atoms with E-state index in [-0.39, 0.29) is 5.91 Å². The summed E-state index contributed by atoms with van der Waals surface area (Å²) >= 11 is 0. The molecule has 0 bridgehead atoms. The molecular formula is C8H14N2O. The maximum Gasteiger partial charge on any atom is 0.260 e. The third-order valence-electron chi connectivity index (χ3n) is 1.94. The lowest BCUT2D eigenvalue weighted by atomic mass is 10.2. The van der Waals surface area contributed by atoms with Crippen molar-refractivity contribution in [2.45, 2.75) is 12.8 Å². The summed E-state index contributed by atoms with van der Waals surface area (Å²) in [7, 11) is 1.93. The predicted molar refractivity (Wildman–Crippen MR) is 43.8 cm³/mol. The summed E-state index contributed by atoms with van der Waals surface area (Å²) in [5.41, 5.74) is 0. The predicted octanol–water partition coefficient (Wildman–Crippen LogP) is 0.642. The molecule has 0 aromatic heterocycles. The summed E-state index contributed by atoms with van der Waals surface area (Å²) in [4.78, 5) is 11.1. The number of amides is 1. The first-order valence-corrected chi connectivity index (χ1v) is 3.90. The van der Waals surface area contributed by atoms with Gasteiger partial charge < -0.3 is 0 Å². The van der Waals surface area contributed by atoms with Crippen LogP contribution in [0.15, 0.2) is 12.7 Å². The van der Waals surface area contributed by atoms with E-state index in [0.717, 1.165) is 19.5 Å². The molecule has 0 aliphatic carbocycles. The molecule has 0 aromatic carbocycles. The SMILES string of the molecule is C=CC(=O)N1CCCCN1C. The van der Waals surface area contributed by atoms with Gasteiger partial charge in [-0.2, -0.15) is 0 Å². The Bertz CT molecular complexity index is 167. The van der Waals surface area contributed by atoms with Gasteiger partial charge in [-0.1, -0.05) is 6.58 Å². The zero-order valence-electron chi connectivity index (χ0n) is 6.92. The summed E-state index contributed by atoms with van der Waals surface area (Å²) in [5.74, 6) is 0.00667. The number of hydrogen-bond donors (Lipinski definition) is 0. The van der Waals surface area contributed by atoms with Gasteiger partial charge in [0.1, 0.15) is 0 Å². The van der Waals surface area contributed by atoms with Crippen molar-refractivity contribution in [1.29, 1.82) is 0 Å². The van der Waals surface area contributed by atoms with Crippen LogP contribution in [0.3, 0.4) is 0 Å². The molecule has 1 amide bonds. The van der Waals surface area contributed by atoms with Crippen LogP contribution in [0.2, 0.25) is 0 Å². The second kappa shape index (κ2) is 3.53. The van der Waals surface area contributed by atoms with E-state index in [0.29, 0.717) is 0 Å². The van der Waals surface area contributed by atoms with Crippen LogP contribution in [0.5, 0.6) is 0 Å². The van der Waals surface area contributed by atoms with Crippen molar-refractivity contribution in [2.24, 2.45) is 0 Å². The molecule has 0 aromatic rings. The van der Waals surface area contributed by atoms with Gasteiger partial charge in [0, 0.05) is 20.1 Å². The molecule has 0 radical (unpaired) electrons. The van der Waals surface area contributed by atoms with Crippen LogP contribution in [-0.2, 0) is 4.79 Å². The number of nitrogens with zero attached hydrogens (tertiary/aromatic N) is 2. The third-order valence-corrected chi connectivity index (χ3v) is 1.94. The first-order valence-electron chi connectivity index (χ1n) is 3.90. The molecule has 1 aliphatic rings. The Morgan fingerprint density at radius 3 is 2.64 bits per heavy atom. The topological polar surface area (TPSA) is 23.6 Å². The number of rotatable bonds is 1. The lowest BCUT2D eigenvalue weighted by Gasteiger charge is -2.35. The maximum atomic E-state index is 11.1. The van der Waals surface area contributed by atoms with Gasteiger partial charge >= 0.3 is 0 Å². The van der Waals surface area contributed by atoms with E-state index in [1.807, 2.05) is 12.1 Å². The summed E-state index contributed by atoms with van der Waals surface area (Å²) in [6.45, 7) is 5.26. The highest BCUT2D eigenvalue weighted by Crippen LogP contribution is 2.08. The van der Waals surface area contributed by atoms with Crippen LogP contribution < -0.4 is 0 Å². The largest absolute Gasteiger partial charge is 0.272 e. The van der Waals surface area contributed by atoms with Crippen LogP contribution in [0, 0.1) is 0 Å². The molecule has 1 fully saturated rings. The van der Waals surface area contributed by atoms with E-state index < -0.39 is 0 Å². The van der Waals surface area contributed by atoms with Gasteiger partial charge in [0.15, 0.2) is 0 Å². The summed E-state index contributed by atoms with van der Waals surface area (Å²) in [6, 6.07) is 0. The minimum atomic E-state index is 0.00667. The summed E-state index contributed by atoms with van der Waals surface area (Å²) < 4.78 is 0. The van der Waals surface area contributed by atoms with Gasteiger partial charge in [-0.3, -0.25) is 9.80 Å². The van der Waals surface area contributed by atoms with Crippen molar-refractivity contribution in [1.82, 2.24) is 10.0 Å². The van der Waals surface area contributed by atoms with E-state index in [1.165, 1.54) is 12.5 Å². The minimum Gasteiger partial charge on any atom is -0.272 e. The molecule has 11 heavy (non-hydrogen) atoms. The highest BCUT2D eigenvalue weighted by molar-refractivity contribution is 5.86. The molecule has 3 heteroatoms. The summed E-state index contributed by atoms with van der Waals surface area (Å²) in [6.07, 6.45) is 3.64. The molecule has 1 rings (SSSR count). The van der Waals surface area contributed by atoms with E-state index >= 15 is 0 Å².